The van der Waals surface area contributed by atoms with E-state index in [-0.39, 0.29) is 12.7 Å². The maximum absolute atomic E-state index is 13.1. The Balaban J connectivity index is 1.56. The largest absolute Gasteiger partial charge is 0.497 e. The van der Waals surface area contributed by atoms with E-state index in [9.17, 15) is 8.42 Å². The van der Waals surface area contributed by atoms with Crippen molar-refractivity contribution in [2.45, 2.75) is 24.2 Å². The molecule has 0 aliphatic carbocycles. The summed E-state index contributed by atoms with van der Waals surface area (Å²) in [5.74, 6) is 2.28. The Hall–Kier alpha value is -2.25. The summed E-state index contributed by atoms with van der Waals surface area (Å²) in [6.07, 6.45) is 0.786. The molecule has 1 saturated heterocycles. The van der Waals surface area contributed by atoms with E-state index in [1.54, 1.807) is 36.5 Å². The third-order valence-electron chi connectivity index (χ3n) is 5.02. The van der Waals surface area contributed by atoms with E-state index >= 15 is 0 Å². The average Bonchev–Trinajstić information content (AvgIpc) is 3.30. The first-order valence-electron chi connectivity index (χ1n) is 8.53. The minimum absolute atomic E-state index is 0.151. The third kappa shape index (κ3) is 2.91. The molecule has 0 saturated carbocycles. The molecule has 1 fully saturated rings. The molecule has 1 unspecified atom stereocenters. The molecule has 26 heavy (non-hydrogen) atoms. The number of nitrogens with zero attached hydrogens (tertiary/aromatic N) is 1. The van der Waals surface area contributed by atoms with Gasteiger partial charge in [0.05, 0.1) is 12.0 Å². The highest BCUT2D eigenvalue weighted by molar-refractivity contribution is 7.89. The second kappa shape index (κ2) is 6.48. The van der Waals surface area contributed by atoms with Gasteiger partial charge in [0.25, 0.3) is 0 Å². The molecule has 0 amide bonds. The van der Waals surface area contributed by atoms with E-state index in [0.717, 1.165) is 23.5 Å². The molecular weight excluding hydrogens is 354 g/mol. The molecular formula is C19H21NO5S. The first-order valence-corrected chi connectivity index (χ1v) is 9.97. The molecule has 0 bridgehead atoms. The van der Waals surface area contributed by atoms with Crippen molar-refractivity contribution in [2.75, 3.05) is 27.0 Å². The summed E-state index contributed by atoms with van der Waals surface area (Å²) >= 11 is 0. The van der Waals surface area contributed by atoms with Gasteiger partial charge >= 0.3 is 0 Å². The van der Waals surface area contributed by atoms with Crippen molar-refractivity contribution < 1.29 is 22.6 Å². The summed E-state index contributed by atoms with van der Waals surface area (Å²) in [5.41, 5.74) is 1.77. The molecule has 0 radical (unpaired) electrons. The number of fused-ring (bicyclic) bond motifs is 1. The van der Waals surface area contributed by atoms with Gasteiger partial charge in [-0.25, -0.2) is 8.42 Å². The normalized spacial score (nSPS) is 19.7. The summed E-state index contributed by atoms with van der Waals surface area (Å²) < 4.78 is 43.6. The van der Waals surface area contributed by atoms with Crippen LogP contribution in [-0.2, 0) is 10.0 Å². The Kier molecular flexibility index (Phi) is 4.28. The number of hydrogen-bond donors (Lipinski definition) is 0. The van der Waals surface area contributed by atoms with Crippen LogP contribution in [0.2, 0.25) is 0 Å². The van der Waals surface area contributed by atoms with E-state index in [4.69, 9.17) is 14.2 Å². The molecule has 2 aliphatic heterocycles. The van der Waals surface area contributed by atoms with Crippen molar-refractivity contribution in [3.05, 3.63) is 47.5 Å². The minimum Gasteiger partial charge on any atom is -0.497 e. The van der Waals surface area contributed by atoms with Crippen molar-refractivity contribution in [1.29, 1.82) is 0 Å². The van der Waals surface area contributed by atoms with Crippen LogP contribution in [0.4, 0.5) is 0 Å². The minimum atomic E-state index is -3.52. The molecule has 2 aromatic carbocycles. The van der Waals surface area contributed by atoms with Crippen molar-refractivity contribution in [3.63, 3.8) is 0 Å². The molecule has 0 N–H and O–H groups in total. The smallest absolute Gasteiger partial charge is 0.243 e. The number of hydrogen-bond acceptors (Lipinski definition) is 5. The van der Waals surface area contributed by atoms with Gasteiger partial charge < -0.3 is 14.2 Å². The summed E-state index contributed by atoms with van der Waals surface area (Å²) in [6, 6.07) is 10.9. The van der Waals surface area contributed by atoms with Gasteiger partial charge in [-0.15, -0.1) is 0 Å². The second-order valence-corrected chi connectivity index (χ2v) is 8.50. The Morgan fingerprint density at radius 3 is 2.69 bits per heavy atom. The number of sulfonamides is 1. The predicted molar refractivity (Wildman–Crippen MR) is 96.4 cm³/mol. The zero-order valence-corrected chi connectivity index (χ0v) is 15.6. The van der Waals surface area contributed by atoms with Gasteiger partial charge in [0.2, 0.25) is 16.8 Å². The van der Waals surface area contributed by atoms with Gasteiger partial charge in [0.1, 0.15) is 5.75 Å². The van der Waals surface area contributed by atoms with E-state index in [2.05, 4.69) is 0 Å². The lowest BCUT2D eigenvalue weighted by Gasteiger charge is -2.18. The van der Waals surface area contributed by atoms with Crippen LogP contribution in [0.15, 0.2) is 41.3 Å². The van der Waals surface area contributed by atoms with Crippen LogP contribution in [0.1, 0.15) is 23.5 Å². The molecule has 2 aromatic rings. The van der Waals surface area contributed by atoms with E-state index in [1.807, 2.05) is 18.2 Å². The number of methoxy groups -OCH3 is 1. The van der Waals surface area contributed by atoms with E-state index < -0.39 is 10.0 Å². The van der Waals surface area contributed by atoms with Crippen molar-refractivity contribution in [3.8, 4) is 17.2 Å². The lowest BCUT2D eigenvalue weighted by Crippen LogP contribution is -2.29. The van der Waals surface area contributed by atoms with Crippen LogP contribution in [0.25, 0.3) is 0 Å². The molecule has 7 heteroatoms. The zero-order chi connectivity index (χ0) is 18.3. The summed E-state index contributed by atoms with van der Waals surface area (Å²) in [4.78, 5) is 0.338. The van der Waals surface area contributed by atoms with Crippen LogP contribution in [-0.4, -0.2) is 39.7 Å². The fourth-order valence-corrected chi connectivity index (χ4v) is 5.27. The van der Waals surface area contributed by atoms with Crippen LogP contribution in [0, 0.1) is 6.92 Å². The molecule has 138 valence electrons. The van der Waals surface area contributed by atoms with Gasteiger partial charge in [0, 0.05) is 13.1 Å². The van der Waals surface area contributed by atoms with Gasteiger partial charge in [-0.2, -0.15) is 4.31 Å². The van der Waals surface area contributed by atoms with Crippen LogP contribution in [0.3, 0.4) is 0 Å². The number of ether oxygens (including phenoxy) is 3. The topological polar surface area (TPSA) is 65.1 Å². The Labute approximate surface area is 153 Å². The summed E-state index contributed by atoms with van der Waals surface area (Å²) in [5, 5.41) is 0. The first-order chi connectivity index (χ1) is 12.5. The van der Waals surface area contributed by atoms with Gasteiger partial charge in [0.15, 0.2) is 11.5 Å². The van der Waals surface area contributed by atoms with Gasteiger partial charge in [-0.1, -0.05) is 6.07 Å². The first kappa shape index (κ1) is 17.2. The maximum atomic E-state index is 13.1. The summed E-state index contributed by atoms with van der Waals surface area (Å²) in [6.45, 7) is 3.00. The van der Waals surface area contributed by atoms with Crippen molar-refractivity contribution in [1.82, 2.24) is 4.31 Å². The molecule has 6 nitrogen and oxygen atoms in total. The lowest BCUT2D eigenvalue weighted by atomic mass is 9.98. The average molecular weight is 375 g/mol. The highest BCUT2D eigenvalue weighted by Gasteiger charge is 2.34. The lowest BCUT2D eigenvalue weighted by molar-refractivity contribution is 0.174. The van der Waals surface area contributed by atoms with Crippen LogP contribution >= 0.6 is 0 Å². The predicted octanol–water partition coefficient (Wildman–Crippen LogP) is 2.91. The molecule has 1 atom stereocenters. The monoisotopic (exact) mass is 375 g/mol. The highest BCUT2D eigenvalue weighted by atomic mass is 32.2. The number of aryl methyl sites for hydroxylation is 1. The molecule has 2 heterocycles. The Morgan fingerprint density at radius 1 is 1.12 bits per heavy atom. The molecule has 2 aliphatic rings. The second-order valence-electron chi connectivity index (χ2n) is 6.59. The van der Waals surface area contributed by atoms with Crippen molar-refractivity contribution >= 4 is 10.0 Å². The van der Waals surface area contributed by atoms with E-state index in [0.29, 0.717) is 29.3 Å². The Bertz CT molecular complexity index is 941. The fraction of sp³-hybridized carbons (Fsp3) is 0.368. The number of benzene rings is 2. The summed E-state index contributed by atoms with van der Waals surface area (Å²) in [7, 11) is -1.96. The van der Waals surface area contributed by atoms with E-state index in [1.165, 1.54) is 0 Å². The maximum Gasteiger partial charge on any atom is 0.243 e. The fourth-order valence-electron chi connectivity index (χ4n) is 3.56. The van der Waals surface area contributed by atoms with Gasteiger partial charge in [-0.05, 0) is 60.7 Å². The molecule has 4 rings (SSSR count). The Morgan fingerprint density at radius 2 is 1.92 bits per heavy atom. The highest BCUT2D eigenvalue weighted by Crippen LogP contribution is 2.38. The van der Waals surface area contributed by atoms with Crippen LogP contribution in [0.5, 0.6) is 17.2 Å². The number of rotatable bonds is 4. The molecule has 0 spiro atoms. The third-order valence-corrected chi connectivity index (χ3v) is 7.04. The standard InChI is InChI=1S/C19H21NO5S/c1-13-9-16(23-2)4-6-19(13)26(21,22)20-8-7-15(11-20)14-3-5-17-18(10-14)25-12-24-17/h3-6,9-10,15H,7-8,11-12H2,1-2H3. The molecule has 0 aromatic heterocycles. The SMILES string of the molecule is COc1ccc(S(=O)(=O)N2CCC(c3ccc4c(c3)OCO4)C2)c(C)c1. The quantitative estimate of drug-likeness (QED) is 0.822. The zero-order valence-electron chi connectivity index (χ0n) is 14.8. The van der Waals surface area contributed by atoms with Crippen molar-refractivity contribution in [2.24, 2.45) is 0 Å². The van der Waals surface area contributed by atoms with Crippen LogP contribution < -0.4 is 14.2 Å². The van der Waals surface area contributed by atoms with Gasteiger partial charge in [-0.3, -0.25) is 0 Å².